The van der Waals surface area contributed by atoms with E-state index in [9.17, 15) is 4.79 Å². The summed E-state index contributed by atoms with van der Waals surface area (Å²) >= 11 is 0. The third-order valence-electron chi connectivity index (χ3n) is 4.49. The molecule has 0 saturated carbocycles. The fourth-order valence-electron chi connectivity index (χ4n) is 2.98. The van der Waals surface area contributed by atoms with Crippen LogP contribution in [0.1, 0.15) is 12.5 Å². The van der Waals surface area contributed by atoms with Crippen molar-refractivity contribution in [3.63, 3.8) is 0 Å². The van der Waals surface area contributed by atoms with E-state index in [1.807, 2.05) is 49.4 Å². The first-order valence-electron chi connectivity index (χ1n) is 9.74. The van der Waals surface area contributed by atoms with Gasteiger partial charge in [0.25, 0.3) is 0 Å². The van der Waals surface area contributed by atoms with E-state index in [0.29, 0.717) is 36.8 Å². The lowest BCUT2D eigenvalue weighted by Crippen LogP contribution is -2.29. The molecule has 8 nitrogen and oxygen atoms in total. The lowest BCUT2D eigenvalue weighted by molar-refractivity contribution is -0.121. The molecule has 0 spiro atoms. The van der Waals surface area contributed by atoms with Gasteiger partial charge in [-0.25, -0.2) is 4.68 Å². The third kappa shape index (κ3) is 5.50. The van der Waals surface area contributed by atoms with Gasteiger partial charge < -0.3 is 19.5 Å². The second kappa shape index (κ2) is 10.3. The summed E-state index contributed by atoms with van der Waals surface area (Å²) in [6.45, 7) is 3.18. The highest BCUT2D eigenvalue weighted by Crippen LogP contribution is 2.27. The van der Waals surface area contributed by atoms with Crippen LogP contribution >= 0.6 is 0 Å². The van der Waals surface area contributed by atoms with Crippen molar-refractivity contribution in [3.05, 3.63) is 54.2 Å². The van der Waals surface area contributed by atoms with Gasteiger partial charge in [0, 0.05) is 12.1 Å². The van der Waals surface area contributed by atoms with Crippen molar-refractivity contribution in [2.75, 3.05) is 27.4 Å². The highest BCUT2D eigenvalue weighted by Gasteiger charge is 2.09. The van der Waals surface area contributed by atoms with Crippen LogP contribution in [0.3, 0.4) is 0 Å². The zero-order valence-electron chi connectivity index (χ0n) is 17.4. The number of aromatic nitrogens is 3. The fourth-order valence-corrected chi connectivity index (χ4v) is 2.98. The number of nitrogens with one attached hydrogen (secondary N) is 1. The summed E-state index contributed by atoms with van der Waals surface area (Å²) in [6, 6.07) is 13.3. The molecule has 3 rings (SSSR count). The molecule has 0 bridgehead atoms. The molecule has 0 radical (unpaired) electrons. The van der Waals surface area contributed by atoms with Crippen molar-refractivity contribution < 1.29 is 19.0 Å². The molecular weight excluding hydrogens is 384 g/mol. The van der Waals surface area contributed by atoms with Crippen molar-refractivity contribution in [2.45, 2.75) is 19.9 Å². The van der Waals surface area contributed by atoms with Gasteiger partial charge in [-0.15, -0.1) is 5.10 Å². The van der Waals surface area contributed by atoms with Crippen LogP contribution in [0.5, 0.6) is 17.2 Å². The molecule has 0 fully saturated rings. The average Bonchev–Trinajstić information content (AvgIpc) is 3.22. The van der Waals surface area contributed by atoms with Gasteiger partial charge in [0.05, 0.1) is 27.0 Å². The van der Waals surface area contributed by atoms with E-state index in [-0.39, 0.29) is 12.5 Å². The standard InChI is InChI=1S/C22H26N4O4/c1-4-30-18-8-6-17(7-9-18)19-14-26(25-24-19)15-22(27)23-12-11-16-5-10-20(28-2)21(13-16)29-3/h5-10,13-14H,4,11-12,15H2,1-3H3,(H,23,27). The number of hydrogen-bond acceptors (Lipinski definition) is 6. The summed E-state index contributed by atoms with van der Waals surface area (Å²) in [6.07, 6.45) is 2.44. The Morgan fingerprint density at radius 3 is 2.53 bits per heavy atom. The molecule has 0 aliphatic heterocycles. The number of rotatable bonds is 10. The van der Waals surface area contributed by atoms with Gasteiger partial charge in [-0.05, 0) is 55.3 Å². The van der Waals surface area contributed by atoms with Crippen LogP contribution in [-0.2, 0) is 17.8 Å². The molecule has 0 aliphatic carbocycles. The predicted octanol–water partition coefficient (Wildman–Crippen LogP) is 2.72. The summed E-state index contributed by atoms with van der Waals surface area (Å²) in [5.41, 5.74) is 2.67. The lowest BCUT2D eigenvalue weighted by atomic mass is 10.1. The van der Waals surface area contributed by atoms with E-state index in [4.69, 9.17) is 14.2 Å². The Hall–Kier alpha value is -3.55. The van der Waals surface area contributed by atoms with Crippen molar-refractivity contribution in [1.82, 2.24) is 20.3 Å². The van der Waals surface area contributed by atoms with Crippen LogP contribution in [0, 0.1) is 0 Å². The highest BCUT2D eigenvalue weighted by molar-refractivity contribution is 5.75. The zero-order chi connectivity index (χ0) is 21.3. The molecule has 8 heteroatoms. The summed E-state index contributed by atoms with van der Waals surface area (Å²) in [7, 11) is 3.20. The van der Waals surface area contributed by atoms with Crippen molar-refractivity contribution >= 4 is 5.91 Å². The van der Waals surface area contributed by atoms with Crippen molar-refractivity contribution in [2.24, 2.45) is 0 Å². The van der Waals surface area contributed by atoms with Crippen LogP contribution in [0.2, 0.25) is 0 Å². The van der Waals surface area contributed by atoms with E-state index >= 15 is 0 Å². The highest BCUT2D eigenvalue weighted by atomic mass is 16.5. The molecular formula is C22H26N4O4. The topological polar surface area (TPSA) is 87.5 Å². The van der Waals surface area contributed by atoms with E-state index in [1.165, 1.54) is 4.68 Å². The minimum atomic E-state index is -0.126. The van der Waals surface area contributed by atoms with Crippen LogP contribution in [-0.4, -0.2) is 48.3 Å². The van der Waals surface area contributed by atoms with Gasteiger partial charge in [0.1, 0.15) is 18.0 Å². The number of carbonyl (C=O) groups excluding carboxylic acids is 1. The minimum absolute atomic E-state index is 0.107. The second-order valence-electron chi connectivity index (χ2n) is 6.55. The van der Waals surface area contributed by atoms with Gasteiger partial charge in [-0.3, -0.25) is 4.79 Å². The molecule has 0 aliphatic rings. The zero-order valence-corrected chi connectivity index (χ0v) is 17.4. The van der Waals surface area contributed by atoms with Crippen LogP contribution < -0.4 is 19.5 Å². The monoisotopic (exact) mass is 410 g/mol. The van der Waals surface area contributed by atoms with Crippen LogP contribution in [0.25, 0.3) is 11.3 Å². The Labute approximate surface area is 175 Å². The van der Waals surface area contributed by atoms with E-state index < -0.39 is 0 Å². The number of carbonyl (C=O) groups is 1. The van der Waals surface area contributed by atoms with Gasteiger partial charge in [-0.2, -0.15) is 0 Å². The Kier molecular flexibility index (Phi) is 7.26. The Balaban J connectivity index is 1.50. The third-order valence-corrected chi connectivity index (χ3v) is 4.49. The maximum Gasteiger partial charge on any atom is 0.241 e. The van der Waals surface area contributed by atoms with Gasteiger partial charge >= 0.3 is 0 Å². The maximum atomic E-state index is 12.2. The van der Waals surface area contributed by atoms with Gasteiger partial charge in [0.2, 0.25) is 5.91 Å². The quantitative estimate of drug-likeness (QED) is 0.553. The smallest absolute Gasteiger partial charge is 0.241 e. The molecule has 1 aromatic heterocycles. The summed E-state index contributed by atoms with van der Waals surface area (Å²) in [5.74, 6) is 2.03. The SMILES string of the molecule is CCOc1ccc(-c2cn(CC(=O)NCCc3ccc(OC)c(OC)c3)nn2)cc1. The minimum Gasteiger partial charge on any atom is -0.494 e. The molecule has 2 aromatic carbocycles. The second-order valence-corrected chi connectivity index (χ2v) is 6.55. The number of hydrogen-bond donors (Lipinski definition) is 1. The maximum absolute atomic E-state index is 12.2. The molecule has 0 saturated heterocycles. The molecule has 1 amide bonds. The fraction of sp³-hybridized carbons (Fsp3) is 0.318. The van der Waals surface area contributed by atoms with Crippen molar-refractivity contribution in [3.8, 4) is 28.5 Å². The summed E-state index contributed by atoms with van der Waals surface area (Å²) in [5, 5.41) is 11.1. The van der Waals surface area contributed by atoms with Gasteiger partial charge in [0.15, 0.2) is 11.5 Å². The van der Waals surface area contributed by atoms with Gasteiger partial charge in [-0.1, -0.05) is 11.3 Å². The molecule has 0 atom stereocenters. The van der Waals surface area contributed by atoms with E-state index in [0.717, 1.165) is 16.9 Å². The first-order valence-corrected chi connectivity index (χ1v) is 9.74. The molecule has 1 N–H and O–H groups in total. The average molecular weight is 410 g/mol. The summed E-state index contributed by atoms with van der Waals surface area (Å²) in [4.78, 5) is 12.2. The van der Waals surface area contributed by atoms with E-state index in [1.54, 1.807) is 20.4 Å². The Morgan fingerprint density at radius 2 is 1.83 bits per heavy atom. The number of methoxy groups -OCH3 is 2. The van der Waals surface area contributed by atoms with Crippen LogP contribution in [0.15, 0.2) is 48.7 Å². The number of nitrogens with zero attached hydrogens (tertiary/aromatic N) is 3. The first kappa shape index (κ1) is 21.2. The molecule has 30 heavy (non-hydrogen) atoms. The predicted molar refractivity (Wildman–Crippen MR) is 113 cm³/mol. The first-order chi connectivity index (χ1) is 14.6. The Bertz CT molecular complexity index is 970. The van der Waals surface area contributed by atoms with E-state index in [2.05, 4.69) is 15.6 Å². The number of amides is 1. The Morgan fingerprint density at radius 1 is 1.07 bits per heavy atom. The summed E-state index contributed by atoms with van der Waals surface area (Å²) < 4.78 is 17.5. The molecule has 158 valence electrons. The number of ether oxygens (including phenoxy) is 3. The normalized spacial score (nSPS) is 10.5. The van der Waals surface area contributed by atoms with Crippen molar-refractivity contribution in [1.29, 1.82) is 0 Å². The molecule has 3 aromatic rings. The number of benzene rings is 2. The molecule has 1 heterocycles. The van der Waals surface area contributed by atoms with Crippen LogP contribution in [0.4, 0.5) is 0 Å². The largest absolute Gasteiger partial charge is 0.494 e. The molecule has 0 unspecified atom stereocenters. The lowest BCUT2D eigenvalue weighted by Gasteiger charge is -2.10.